The van der Waals surface area contributed by atoms with E-state index in [-0.39, 0.29) is 29.7 Å². The fraction of sp³-hybridized carbons (Fsp3) is 0.485. The van der Waals surface area contributed by atoms with Crippen LogP contribution in [0.4, 0.5) is 26.3 Å². The van der Waals surface area contributed by atoms with Gasteiger partial charge in [-0.15, -0.1) is 0 Å². The highest BCUT2D eigenvalue weighted by molar-refractivity contribution is 5.89. The number of ether oxygens (including phenoxy) is 2. The smallest absolute Gasteiger partial charge is 0.417 e. The van der Waals surface area contributed by atoms with E-state index < -0.39 is 41.5 Å². The van der Waals surface area contributed by atoms with E-state index in [2.05, 4.69) is 6.58 Å². The number of nitrogens with zero attached hydrogens (tertiary/aromatic N) is 1. The van der Waals surface area contributed by atoms with Gasteiger partial charge in [0, 0.05) is 34.8 Å². The van der Waals surface area contributed by atoms with Gasteiger partial charge < -0.3 is 14.0 Å². The molecule has 0 radical (unpaired) electrons. The number of hydrogen-bond donors (Lipinski definition) is 0. The first-order chi connectivity index (χ1) is 20.1. The molecule has 0 bridgehead atoms. The first kappa shape index (κ1) is 32.5. The Hall–Kier alpha value is -3.43. The number of aromatic nitrogens is 1. The number of alkyl halides is 6. The zero-order valence-electron chi connectivity index (χ0n) is 24.8. The van der Waals surface area contributed by atoms with Gasteiger partial charge in [0.25, 0.3) is 0 Å². The molecule has 0 N–H and O–H groups in total. The van der Waals surface area contributed by atoms with Crippen LogP contribution in [-0.4, -0.2) is 28.9 Å². The Morgan fingerprint density at radius 1 is 1.00 bits per heavy atom. The van der Waals surface area contributed by atoms with Crippen molar-refractivity contribution in [1.29, 1.82) is 0 Å². The second kappa shape index (κ2) is 12.3. The molecule has 3 unspecified atom stereocenters. The summed E-state index contributed by atoms with van der Waals surface area (Å²) in [6.45, 7) is 9.94. The Balaban J connectivity index is 1.71. The molecule has 0 spiro atoms. The molecule has 1 aromatic heterocycles. The summed E-state index contributed by atoms with van der Waals surface area (Å²) in [5.74, 6) is -0.760. The van der Waals surface area contributed by atoms with Crippen LogP contribution in [0.2, 0.25) is 0 Å². The molecule has 2 aromatic carbocycles. The Labute approximate surface area is 247 Å². The van der Waals surface area contributed by atoms with Crippen molar-refractivity contribution in [2.75, 3.05) is 0 Å². The third-order valence-corrected chi connectivity index (χ3v) is 8.44. The van der Waals surface area contributed by atoms with Crippen molar-refractivity contribution in [3.05, 3.63) is 65.7 Å². The van der Waals surface area contributed by atoms with Crippen molar-refractivity contribution < 1.29 is 40.6 Å². The average molecular weight is 610 g/mol. The Morgan fingerprint density at radius 2 is 1.70 bits per heavy atom. The molecule has 1 saturated carbocycles. The van der Waals surface area contributed by atoms with Crippen LogP contribution in [-0.2, 0) is 28.7 Å². The highest BCUT2D eigenvalue weighted by Crippen LogP contribution is 2.53. The van der Waals surface area contributed by atoms with Gasteiger partial charge in [-0.1, -0.05) is 38.5 Å². The summed E-state index contributed by atoms with van der Waals surface area (Å²) in [7, 11) is 0. The fourth-order valence-electron chi connectivity index (χ4n) is 5.89. The minimum absolute atomic E-state index is 0.00436. The maximum absolute atomic E-state index is 14.4. The Morgan fingerprint density at radius 3 is 2.30 bits per heavy atom. The molecule has 1 aliphatic rings. The quantitative estimate of drug-likeness (QED) is 0.0995. The Bertz CT molecular complexity index is 1490. The second-order valence-electron chi connectivity index (χ2n) is 11.5. The average Bonchev–Trinajstić information content (AvgIpc) is 3.45. The molecular formula is C33H37F6NO3. The fourth-order valence-corrected chi connectivity index (χ4v) is 5.89. The predicted octanol–water partition coefficient (Wildman–Crippen LogP) is 9.68. The van der Waals surface area contributed by atoms with E-state index in [1.165, 1.54) is 25.1 Å². The minimum Gasteiger partial charge on any atom is -0.489 e. The molecule has 1 heterocycles. The zero-order valence-corrected chi connectivity index (χ0v) is 24.8. The maximum Gasteiger partial charge on any atom is 0.417 e. The molecule has 0 saturated heterocycles. The number of unbranched alkanes of at least 4 members (excludes halogenated alkanes) is 2. The van der Waals surface area contributed by atoms with Gasteiger partial charge >= 0.3 is 18.3 Å². The van der Waals surface area contributed by atoms with E-state index in [0.717, 1.165) is 26.2 Å². The van der Waals surface area contributed by atoms with Crippen LogP contribution >= 0.6 is 0 Å². The van der Waals surface area contributed by atoms with E-state index in [0.29, 0.717) is 35.1 Å². The van der Waals surface area contributed by atoms with Gasteiger partial charge in [0.05, 0.1) is 11.1 Å². The number of carbonyl (C=O) groups is 1. The topological polar surface area (TPSA) is 40.5 Å². The van der Waals surface area contributed by atoms with Gasteiger partial charge in [-0.05, 0) is 76.3 Å². The van der Waals surface area contributed by atoms with Crippen LogP contribution in [0.15, 0.2) is 54.6 Å². The number of carbonyl (C=O) groups excluding carboxylic acids is 1. The summed E-state index contributed by atoms with van der Waals surface area (Å²) < 4.78 is 98.8. The minimum atomic E-state index is -4.74. The van der Waals surface area contributed by atoms with Crippen LogP contribution in [0.3, 0.4) is 0 Å². The van der Waals surface area contributed by atoms with Crippen LogP contribution < -0.4 is 4.74 Å². The molecule has 3 aromatic rings. The van der Waals surface area contributed by atoms with E-state index in [4.69, 9.17) is 9.47 Å². The number of benzene rings is 2. The molecule has 1 aliphatic carbocycles. The van der Waals surface area contributed by atoms with Crippen molar-refractivity contribution in [1.82, 2.24) is 4.57 Å². The standard InChI is InChI=1S/C33H37F6NO3/c1-6-8-9-10-21-11-14-24(25(17-21)32(34,35)36)27-18-22-12-13-23(19-26(22)40(27)7-2)42-28-15-16-29(43-30(41)20(3)4)31(28,5)33(37,38)39/h11-14,17-19,28-29H,3,6-10,15-16H2,1-2,4-5H3. The number of halogens is 6. The van der Waals surface area contributed by atoms with Crippen molar-refractivity contribution >= 4 is 16.9 Å². The zero-order chi connectivity index (χ0) is 31.7. The van der Waals surface area contributed by atoms with Crippen molar-refractivity contribution in [2.45, 2.75) is 97.3 Å². The molecule has 234 valence electrons. The van der Waals surface area contributed by atoms with Gasteiger partial charge in [0.15, 0.2) is 0 Å². The van der Waals surface area contributed by atoms with Gasteiger partial charge in [-0.2, -0.15) is 26.3 Å². The maximum atomic E-state index is 14.4. The molecule has 10 heteroatoms. The molecule has 0 aliphatic heterocycles. The van der Waals surface area contributed by atoms with Crippen LogP contribution in [0.5, 0.6) is 5.75 Å². The first-order valence-electron chi connectivity index (χ1n) is 14.5. The molecule has 0 amide bonds. The van der Waals surface area contributed by atoms with Crippen LogP contribution in [0, 0.1) is 5.41 Å². The number of rotatable bonds is 10. The second-order valence-corrected chi connectivity index (χ2v) is 11.5. The number of hydrogen-bond acceptors (Lipinski definition) is 3. The molecule has 4 rings (SSSR count). The summed E-state index contributed by atoms with van der Waals surface area (Å²) in [5.41, 5.74) is -1.66. The van der Waals surface area contributed by atoms with Crippen LogP contribution in [0.25, 0.3) is 22.2 Å². The summed E-state index contributed by atoms with van der Waals surface area (Å²) >= 11 is 0. The SMILES string of the molecule is C=C(C)C(=O)OC1CCC(Oc2ccc3cc(-c4ccc(CCCCC)cc4C(F)(F)F)n(CC)c3c2)C1(C)C(F)(F)F. The lowest BCUT2D eigenvalue weighted by molar-refractivity contribution is -0.262. The van der Waals surface area contributed by atoms with Crippen LogP contribution in [0.1, 0.15) is 70.9 Å². The molecule has 4 nitrogen and oxygen atoms in total. The van der Waals surface area contributed by atoms with Gasteiger partial charge in [0.1, 0.15) is 23.4 Å². The molecule has 43 heavy (non-hydrogen) atoms. The highest BCUT2D eigenvalue weighted by Gasteiger charge is 2.66. The van der Waals surface area contributed by atoms with E-state index in [9.17, 15) is 31.1 Å². The molecule has 3 atom stereocenters. The lowest BCUT2D eigenvalue weighted by atomic mass is 9.83. The third-order valence-electron chi connectivity index (χ3n) is 8.44. The van der Waals surface area contributed by atoms with E-state index in [1.54, 1.807) is 35.8 Å². The Kier molecular flexibility index (Phi) is 9.28. The van der Waals surface area contributed by atoms with Gasteiger partial charge in [-0.25, -0.2) is 4.79 Å². The summed E-state index contributed by atoms with van der Waals surface area (Å²) in [4.78, 5) is 12.1. The third kappa shape index (κ3) is 6.43. The largest absolute Gasteiger partial charge is 0.489 e. The summed E-state index contributed by atoms with van der Waals surface area (Å²) in [6, 6.07) is 10.8. The normalized spacial score (nSPS) is 20.9. The molecule has 1 fully saturated rings. The highest BCUT2D eigenvalue weighted by atomic mass is 19.4. The monoisotopic (exact) mass is 609 g/mol. The summed E-state index contributed by atoms with van der Waals surface area (Å²) in [5, 5.41) is 0.627. The number of fused-ring (bicyclic) bond motifs is 1. The van der Waals surface area contributed by atoms with Gasteiger partial charge in [-0.3, -0.25) is 0 Å². The van der Waals surface area contributed by atoms with E-state index in [1.807, 2.05) is 6.92 Å². The lowest BCUT2D eigenvalue weighted by Crippen LogP contribution is -2.51. The lowest BCUT2D eigenvalue weighted by Gasteiger charge is -2.37. The first-order valence-corrected chi connectivity index (χ1v) is 14.5. The van der Waals surface area contributed by atoms with E-state index >= 15 is 0 Å². The number of esters is 1. The van der Waals surface area contributed by atoms with Crippen molar-refractivity contribution in [2.24, 2.45) is 5.41 Å². The summed E-state index contributed by atoms with van der Waals surface area (Å²) in [6.07, 6.45) is -8.94. The van der Waals surface area contributed by atoms with Gasteiger partial charge in [0.2, 0.25) is 0 Å². The van der Waals surface area contributed by atoms with Crippen molar-refractivity contribution in [3.8, 4) is 17.0 Å². The predicted molar refractivity (Wildman–Crippen MR) is 154 cm³/mol. The molecular weight excluding hydrogens is 572 g/mol. The van der Waals surface area contributed by atoms with Crippen molar-refractivity contribution in [3.63, 3.8) is 0 Å². The number of aryl methyl sites for hydroxylation is 2.